The zero-order valence-corrected chi connectivity index (χ0v) is 23.3. The summed E-state index contributed by atoms with van der Waals surface area (Å²) >= 11 is 0. The topological polar surface area (TPSA) is 204 Å². The Morgan fingerprint density at radius 1 is 1.02 bits per heavy atom. The van der Waals surface area contributed by atoms with Crippen LogP contribution < -0.4 is 27.2 Å². The third-order valence-electron chi connectivity index (χ3n) is 8.02. The predicted octanol–water partition coefficient (Wildman–Crippen LogP) is 1.43. The molecule has 0 saturated heterocycles. The zero-order valence-electron chi connectivity index (χ0n) is 23.3. The number of carbonyl (C=O) groups excluding carboxylic acids is 2. The van der Waals surface area contributed by atoms with Gasteiger partial charge in [-0.2, -0.15) is 10.2 Å². The molecule has 0 aliphatic heterocycles. The number of nitrogens with zero attached hydrogens (tertiary/aromatic N) is 6. The van der Waals surface area contributed by atoms with Crippen LogP contribution in [0.2, 0.25) is 0 Å². The van der Waals surface area contributed by atoms with Crippen LogP contribution >= 0.6 is 0 Å². The number of hydrogen-bond acceptors (Lipinski definition) is 10. The quantitative estimate of drug-likeness (QED) is 0.198. The number of aromatic nitrogens is 7. The van der Waals surface area contributed by atoms with Gasteiger partial charge in [-0.15, -0.1) is 0 Å². The summed E-state index contributed by atoms with van der Waals surface area (Å²) in [5, 5.41) is 17.6. The Morgan fingerprint density at radius 2 is 1.84 bits per heavy atom. The molecule has 5 N–H and O–H groups in total. The number of benzene rings is 2. The highest BCUT2D eigenvalue weighted by molar-refractivity contribution is 5.97. The van der Waals surface area contributed by atoms with Crippen molar-refractivity contribution in [2.45, 2.75) is 32.4 Å². The number of rotatable bonds is 7. The molecule has 3 aromatic carbocycles. The molecule has 0 saturated carbocycles. The van der Waals surface area contributed by atoms with Crippen LogP contribution in [0.1, 0.15) is 55.7 Å². The summed E-state index contributed by atoms with van der Waals surface area (Å²) in [5.41, 5.74) is 9.83. The van der Waals surface area contributed by atoms with E-state index < -0.39 is 22.7 Å². The Balaban J connectivity index is 1.03. The Labute approximate surface area is 248 Å². The maximum atomic E-state index is 13.2. The molecule has 1 aliphatic rings. The van der Waals surface area contributed by atoms with Crippen molar-refractivity contribution < 1.29 is 9.59 Å². The average Bonchev–Trinajstić information content (AvgIpc) is 3.81. The van der Waals surface area contributed by atoms with Gasteiger partial charge < -0.3 is 16.4 Å². The molecule has 0 bridgehead atoms. The Bertz CT molecular complexity index is 2180. The lowest BCUT2D eigenvalue weighted by molar-refractivity contribution is 0.0931. The van der Waals surface area contributed by atoms with Gasteiger partial charge in [-0.25, -0.2) is 19.6 Å². The average molecular weight is 589 g/mol. The van der Waals surface area contributed by atoms with E-state index in [0.717, 1.165) is 34.9 Å². The van der Waals surface area contributed by atoms with Gasteiger partial charge in [0.05, 0.1) is 17.8 Å². The van der Waals surface area contributed by atoms with Gasteiger partial charge in [-0.05, 0) is 48.1 Å². The number of nitrogens with two attached hydrogens (primary N) is 1. The van der Waals surface area contributed by atoms with E-state index in [-0.39, 0.29) is 35.3 Å². The van der Waals surface area contributed by atoms with Crippen molar-refractivity contribution in [2.75, 3.05) is 5.73 Å². The maximum Gasteiger partial charge on any atom is 0.270 e. The molecule has 1 atom stereocenters. The Hall–Kier alpha value is -6.05. The van der Waals surface area contributed by atoms with Crippen molar-refractivity contribution in [3.63, 3.8) is 0 Å². The fraction of sp³-hybridized carbons (Fsp3) is 0.167. The smallest absolute Gasteiger partial charge is 0.270 e. The van der Waals surface area contributed by atoms with E-state index in [0.29, 0.717) is 16.9 Å². The molecule has 0 spiro atoms. The van der Waals surface area contributed by atoms with Crippen LogP contribution in [0.15, 0.2) is 64.8 Å². The molecule has 0 fully saturated rings. The number of amides is 2. The lowest BCUT2D eigenvalue weighted by Gasteiger charge is -2.15. The second kappa shape index (κ2) is 10.3. The molecule has 3 heterocycles. The summed E-state index contributed by atoms with van der Waals surface area (Å²) in [6.45, 7) is 2.16. The summed E-state index contributed by atoms with van der Waals surface area (Å²) in [6.07, 6.45) is 5.75. The van der Waals surface area contributed by atoms with Crippen LogP contribution in [0.25, 0.3) is 28.0 Å². The van der Waals surface area contributed by atoms with Gasteiger partial charge in [0.2, 0.25) is 0 Å². The van der Waals surface area contributed by atoms with E-state index in [1.165, 1.54) is 29.0 Å². The lowest BCUT2D eigenvalue weighted by atomic mass is 9.97. The number of nitrogens with one attached hydrogen (secondary N) is 3. The van der Waals surface area contributed by atoms with E-state index in [2.05, 4.69) is 40.9 Å². The Morgan fingerprint density at radius 3 is 2.61 bits per heavy atom. The van der Waals surface area contributed by atoms with E-state index >= 15 is 0 Å². The molecule has 6 aromatic rings. The van der Waals surface area contributed by atoms with Gasteiger partial charge in [-0.3, -0.25) is 24.3 Å². The standard InChI is InChI=1S/C30H24N10O4/c1-14-17-6-7-20(19(17)5-4-18(14)28-35-13-36-39-28)38-30(44)22-9-21(33-12-34-22)29(43)32-10-15-2-3-16-11-37-40(23(16)8-15)25-24(31)26(41)27(25)42/h2-5,8-9,11-13,20H,6-7,10,31H2,1H3,(H,32,43)(H,38,44)(H,35,36,39)/t20-/m0/s1. The van der Waals surface area contributed by atoms with Crippen molar-refractivity contribution in [1.29, 1.82) is 0 Å². The van der Waals surface area contributed by atoms with E-state index in [1.807, 2.05) is 19.1 Å². The molecule has 2 amide bonds. The minimum atomic E-state index is -0.731. The fourth-order valence-electron chi connectivity index (χ4n) is 5.69. The number of H-pyrrole nitrogens is 1. The number of nitrogen functional groups attached to an aromatic ring is 1. The third-order valence-corrected chi connectivity index (χ3v) is 8.02. The van der Waals surface area contributed by atoms with Gasteiger partial charge in [0, 0.05) is 23.6 Å². The zero-order chi connectivity index (χ0) is 30.5. The first kappa shape index (κ1) is 26.8. The molecule has 14 nitrogen and oxygen atoms in total. The number of aromatic amines is 1. The van der Waals surface area contributed by atoms with Gasteiger partial charge in [-0.1, -0.05) is 24.3 Å². The highest BCUT2D eigenvalue weighted by Gasteiger charge is 2.28. The van der Waals surface area contributed by atoms with Gasteiger partial charge in [0.1, 0.15) is 35.4 Å². The summed E-state index contributed by atoms with van der Waals surface area (Å²) < 4.78 is 1.33. The number of hydrogen-bond donors (Lipinski definition) is 4. The molecule has 218 valence electrons. The van der Waals surface area contributed by atoms with Crippen molar-refractivity contribution in [2.24, 2.45) is 0 Å². The summed E-state index contributed by atoms with van der Waals surface area (Å²) in [5.74, 6) is -0.210. The first-order valence-corrected chi connectivity index (χ1v) is 13.7. The lowest BCUT2D eigenvalue weighted by Crippen LogP contribution is -2.38. The normalized spacial score (nSPS) is 14.2. The highest BCUT2D eigenvalue weighted by atomic mass is 16.2. The highest BCUT2D eigenvalue weighted by Crippen LogP contribution is 2.37. The van der Waals surface area contributed by atoms with Crippen LogP contribution in [0.5, 0.6) is 0 Å². The summed E-state index contributed by atoms with van der Waals surface area (Å²) in [4.78, 5) is 62.1. The first-order chi connectivity index (χ1) is 21.3. The van der Waals surface area contributed by atoms with Crippen LogP contribution in [0.3, 0.4) is 0 Å². The second-order valence-corrected chi connectivity index (χ2v) is 10.5. The van der Waals surface area contributed by atoms with Crippen LogP contribution in [0, 0.1) is 6.92 Å². The minimum absolute atomic E-state index is 0.0328. The predicted molar refractivity (Wildman–Crippen MR) is 159 cm³/mol. The van der Waals surface area contributed by atoms with E-state index in [9.17, 15) is 19.2 Å². The van der Waals surface area contributed by atoms with Gasteiger partial charge >= 0.3 is 0 Å². The molecule has 7 rings (SSSR count). The molecular weight excluding hydrogens is 564 g/mol. The largest absolute Gasteiger partial charge is 0.394 e. The van der Waals surface area contributed by atoms with Crippen molar-refractivity contribution >= 4 is 28.4 Å². The maximum absolute atomic E-state index is 13.2. The fourth-order valence-corrected chi connectivity index (χ4v) is 5.69. The number of carbonyl (C=O) groups is 2. The molecule has 44 heavy (non-hydrogen) atoms. The molecule has 0 radical (unpaired) electrons. The van der Waals surface area contributed by atoms with Crippen LogP contribution in [0.4, 0.5) is 5.69 Å². The second-order valence-electron chi connectivity index (χ2n) is 10.5. The molecule has 0 unspecified atom stereocenters. The number of anilines is 1. The molecule has 14 heteroatoms. The van der Waals surface area contributed by atoms with E-state index in [1.54, 1.807) is 24.4 Å². The molecule has 1 aliphatic carbocycles. The van der Waals surface area contributed by atoms with Crippen LogP contribution in [-0.2, 0) is 13.0 Å². The number of fused-ring (bicyclic) bond motifs is 2. The molecule has 3 aromatic heterocycles. The van der Waals surface area contributed by atoms with Crippen molar-refractivity contribution in [3.8, 4) is 17.1 Å². The van der Waals surface area contributed by atoms with Crippen molar-refractivity contribution in [1.82, 2.24) is 45.6 Å². The first-order valence-electron chi connectivity index (χ1n) is 13.7. The SMILES string of the molecule is Cc1c(-c2ncn[nH]2)ccc2c1CC[C@@H]2NC(=O)c1cc(C(=O)NCc2ccc3cnn(-c4c(N)c(=O)c4=O)c3c2)ncn1. The minimum Gasteiger partial charge on any atom is -0.394 e. The third kappa shape index (κ3) is 4.40. The van der Waals surface area contributed by atoms with E-state index in [4.69, 9.17) is 5.73 Å². The molecular formula is C30H24N10O4. The Kier molecular flexibility index (Phi) is 6.31. The monoisotopic (exact) mass is 588 g/mol. The van der Waals surface area contributed by atoms with Crippen molar-refractivity contribution in [3.05, 3.63) is 109 Å². The van der Waals surface area contributed by atoms with Gasteiger partial charge in [0.25, 0.3) is 22.7 Å². The summed E-state index contributed by atoms with van der Waals surface area (Å²) in [6, 6.07) is 10.4. The van der Waals surface area contributed by atoms with Gasteiger partial charge in [0.15, 0.2) is 5.82 Å². The summed E-state index contributed by atoms with van der Waals surface area (Å²) in [7, 11) is 0. The van der Waals surface area contributed by atoms with Crippen LogP contribution in [-0.4, -0.2) is 46.7 Å².